The maximum atomic E-state index is 13.6. The van der Waals surface area contributed by atoms with Gasteiger partial charge in [0.15, 0.2) is 11.0 Å². The molecule has 4 aromatic rings. The summed E-state index contributed by atoms with van der Waals surface area (Å²) in [6.07, 6.45) is 5.63. The second kappa shape index (κ2) is 9.81. The molecule has 7 heteroatoms. The molecular formula is C27H27N5OS. The zero-order valence-electron chi connectivity index (χ0n) is 19.4. The van der Waals surface area contributed by atoms with Crippen LogP contribution in [0.5, 0.6) is 0 Å². The van der Waals surface area contributed by atoms with Gasteiger partial charge in [-0.15, -0.1) is 10.2 Å². The Morgan fingerprint density at radius 3 is 2.35 bits per heavy atom. The molecule has 2 aromatic heterocycles. The molecule has 1 amide bonds. The summed E-state index contributed by atoms with van der Waals surface area (Å²) in [7, 11) is 0. The first-order chi connectivity index (χ1) is 16.6. The lowest BCUT2D eigenvalue weighted by Crippen LogP contribution is -2.31. The SMILES string of the molecule is Cc1ccc(-n2c(S[C@H](C(=O)N3CCCC3)c3ccccc3)nnc2-c2ccncc2)cc1C. The van der Waals surface area contributed by atoms with E-state index in [0.717, 1.165) is 48.6 Å². The van der Waals surface area contributed by atoms with Gasteiger partial charge in [-0.05, 0) is 67.6 Å². The monoisotopic (exact) mass is 469 g/mol. The summed E-state index contributed by atoms with van der Waals surface area (Å²) in [5.41, 5.74) is 5.29. The van der Waals surface area contributed by atoms with Crippen LogP contribution in [-0.4, -0.2) is 43.6 Å². The summed E-state index contributed by atoms with van der Waals surface area (Å²) in [6.45, 7) is 5.83. The van der Waals surface area contributed by atoms with Gasteiger partial charge in [0.25, 0.3) is 0 Å². The van der Waals surface area contributed by atoms with Crippen molar-refractivity contribution in [2.24, 2.45) is 0 Å². The molecule has 1 atom stereocenters. The predicted molar refractivity (Wildman–Crippen MR) is 135 cm³/mol. The maximum absolute atomic E-state index is 13.6. The van der Waals surface area contributed by atoms with E-state index in [9.17, 15) is 4.79 Å². The van der Waals surface area contributed by atoms with Gasteiger partial charge in [0.1, 0.15) is 5.25 Å². The van der Waals surface area contributed by atoms with E-state index >= 15 is 0 Å². The Bertz CT molecular complexity index is 1280. The van der Waals surface area contributed by atoms with Crippen LogP contribution in [0.15, 0.2) is 78.2 Å². The van der Waals surface area contributed by atoms with Crippen molar-refractivity contribution < 1.29 is 4.79 Å². The molecule has 5 rings (SSSR count). The van der Waals surface area contributed by atoms with E-state index in [1.807, 2.05) is 47.4 Å². The molecule has 0 aliphatic carbocycles. The zero-order chi connectivity index (χ0) is 23.5. The number of likely N-dealkylation sites (tertiary alicyclic amines) is 1. The quantitative estimate of drug-likeness (QED) is 0.354. The van der Waals surface area contributed by atoms with Crippen molar-refractivity contribution in [3.05, 3.63) is 89.7 Å². The normalized spacial score (nSPS) is 14.4. The Morgan fingerprint density at radius 2 is 1.65 bits per heavy atom. The molecule has 0 spiro atoms. The first kappa shape index (κ1) is 22.3. The average Bonchev–Trinajstić information content (AvgIpc) is 3.56. The summed E-state index contributed by atoms with van der Waals surface area (Å²) in [4.78, 5) is 19.7. The highest BCUT2D eigenvalue weighted by Crippen LogP contribution is 2.39. The Hall–Kier alpha value is -3.45. The number of pyridine rings is 1. The second-order valence-electron chi connectivity index (χ2n) is 8.59. The molecule has 172 valence electrons. The molecule has 1 aliphatic rings. The van der Waals surface area contributed by atoms with Gasteiger partial charge in [0.2, 0.25) is 5.91 Å². The van der Waals surface area contributed by atoms with Gasteiger partial charge in [0, 0.05) is 31.0 Å². The number of nitrogens with zero attached hydrogens (tertiary/aromatic N) is 5. The van der Waals surface area contributed by atoms with Gasteiger partial charge in [-0.2, -0.15) is 0 Å². The number of carbonyl (C=O) groups excluding carboxylic acids is 1. The van der Waals surface area contributed by atoms with E-state index in [1.165, 1.54) is 22.9 Å². The minimum Gasteiger partial charge on any atom is -0.341 e. The van der Waals surface area contributed by atoms with Crippen molar-refractivity contribution in [1.82, 2.24) is 24.6 Å². The van der Waals surface area contributed by atoms with E-state index in [1.54, 1.807) is 12.4 Å². The number of rotatable bonds is 6. The van der Waals surface area contributed by atoms with Crippen LogP contribution in [0.4, 0.5) is 0 Å². The Morgan fingerprint density at radius 1 is 0.912 bits per heavy atom. The van der Waals surface area contributed by atoms with Crippen LogP contribution in [0.3, 0.4) is 0 Å². The van der Waals surface area contributed by atoms with Crippen LogP contribution in [-0.2, 0) is 4.79 Å². The van der Waals surface area contributed by atoms with Crippen molar-refractivity contribution in [3.63, 3.8) is 0 Å². The minimum atomic E-state index is -0.390. The minimum absolute atomic E-state index is 0.133. The van der Waals surface area contributed by atoms with Gasteiger partial charge in [-0.25, -0.2) is 0 Å². The van der Waals surface area contributed by atoms with Crippen LogP contribution in [0.1, 0.15) is 34.8 Å². The number of thioether (sulfide) groups is 1. The number of hydrogen-bond donors (Lipinski definition) is 0. The predicted octanol–water partition coefficient (Wildman–Crippen LogP) is 5.40. The first-order valence-corrected chi connectivity index (χ1v) is 12.4. The third-order valence-electron chi connectivity index (χ3n) is 6.29. The number of benzene rings is 2. The Labute approximate surface area is 204 Å². The van der Waals surface area contributed by atoms with Crippen LogP contribution < -0.4 is 0 Å². The molecular weight excluding hydrogens is 442 g/mol. The number of aromatic nitrogens is 4. The van der Waals surface area contributed by atoms with Crippen molar-refractivity contribution >= 4 is 17.7 Å². The van der Waals surface area contributed by atoms with Crippen molar-refractivity contribution in [3.8, 4) is 17.1 Å². The molecule has 1 aliphatic heterocycles. The molecule has 2 aromatic carbocycles. The summed E-state index contributed by atoms with van der Waals surface area (Å²) >= 11 is 1.47. The van der Waals surface area contributed by atoms with Crippen molar-refractivity contribution in [1.29, 1.82) is 0 Å². The van der Waals surface area contributed by atoms with Gasteiger partial charge < -0.3 is 4.90 Å². The topological polar surface area (TPSA) is 63.9 Å². The van der Waals surface area contributed by atoms with Gasteiger partial charge in [0.05, 0.1) is 5.69 Å². The Balaban J connectivity index is 1.61. The molecule has 0 bridgehead atoms. The number of carbonyl (C=O) groups is 1. The van der Waals surface area contributed by atoms with E-state index < -0.39 is 0 Å². The van der Waals surface area contributed by atoms with Crippen LogP contribution in [0.2, 0.25) is 0 Å². The fourth-order valence-corrected chi connectivity index (χ4v) is 5.37. The lowest BCUT2D eigenvalue weighted by Gasteiger charge is -2.23. The lowest BCUT2D eigenvalue weighted by atomic mass is 10.1. The average molecular weight is 470 g/mol. The van der Waals surface area contributed by atoms with Crippen LogP contribution in [0, 0.1) is 13.8 Å². The van der Waals surface area contributed by atoms with E-state index in [-0.39, 0.29) is 11.2 Å². The smallest absolute Gasteiger partial charge is 0.240 e. The lowest BCUT2D eigenvalue weighted by molar-refractivity contribution is -0.129. The molecule has 3 heterocycles. The highest BCUT2D eigenvalue weighted by Gasteiger charge is 2.31. The number of aryl methyl sites for hydroxylation is 2. The van der Waals surface area contributed by atoms with Crippen molar-refractivity contribution in [2.75, 3.05) is 13.1 Å². The highest BCUT2D eigenvalue weighted by molar-refractivity contribution is 8.00. The van der Waals surface area contributed by atoms with Crippen molar-refractivity contribution in [2.45, 2.75) is 37.1 Å². The number of hydrogen-bond acceptors (Lipinski definition) is 5. The molecule has 1 fully saturated rings. The molecule has 1 saturated heterocycles. The van der Waals surface area contributed by atoms with Gasteiger partial charge >= 0.3 is 0 Å². The molecule has 0 N–H and O–H groups in total. The summed E-state index contributed by atoms with van der Waals surface area (Å²) in [5.74, 6) is 0.863. The largest absolute Gasteiger partial charge is 0.341 e. The van der Waals surface area contributed by atoms with E-state index in [4.69, 9.17) is 0 Å². The molecule has 34 heavy (non-hydrogen) atoms. The zero-order valence-corrected chi connectivity index (χ0v) is 20.2. The summed E-state index contributed by atoms with van der Waals surface area (Å²) in [5, 5.41) is 9.44. The third-order valence-corrected chi connectivity index (χ3v) is 7.47. The standard InChI is InChI=1S/C27H27N5OS/c1-19-10-11-23(18-20(19)2)32-25(22-12-14-28-15-13-22)29-30-27(32)34-24(21-8-4-3-5-9-21)26(33)31-16-6-7-17-31/h3-5,8-15,18,24H,6-7,16-17H2,1-2H3/t24-/m0/s1. The molecule has 0 unspecified atom stereocenters. The van der Waals surface area contributed by atoms with E-state index in [2.05, 4.69) is 51.8 Å². The van der Waals surface area contributed by atoms with Gasteiger partial charge in [-0.1, -0.05) is 48.2 Å². The maximum Gasteiger partial charge on any atom is 0.240 e. The summed E-state index contributed by atoms with van der Waals surface area (Å²) in [6, 6.07) is 20.2. The third kappa shape index (κ3) is 4.48. The Kier molecular flexibility index (Phi) is 6.45. The summed E-state index contributed by atoms with van der Waals surface area (Å²) < 4.78 is 2.06. The molecule has 0 saturated carbocycles. The van der Waals surface area contributed by atoms with E-state index in [0.29, 0.717) is 5.16 Å². The fraction of sp³-hybridized carbons (Fsp3) is 0.259. The van der Waals surface area contributed by atoms with Gasteiger partial charge in [-0.3, -0.25) is 14.3 Å². The van der Waals surface area contributed by atoms with Crippen LogP contribution in [0.25, 0.3) is 17.1 Å². The first-order valence-electron chi connectivity index (χ1n) is 11.6. The molecule has 0 radical (unpaired) electrons. The molecule has 6 nitrogen and oxygen atoms in total. The van der Waals surface area contributed by atoms with Crippen LogP contribution >= 0.6 is 11.8 Å². The highest BCUT2D eigenvalue weighted by atomic mass is 32.2. The second-order valence-corrected chi connectivity index (χ2v) is 9.66. The number of amides is 1. The fourth-order valence-electron chi connectivity index (χ4n) is 4.23.